The van der Waals surface area contributed by atoms with E-state index in [1.807, 2.05) is 0 Å². The molecule has 1 saturated carbocycles. The van der Waals surface area contributed by atoms with Gasteiger partial charge in [-0.05, 0) is 18.8 Å². The van der Waals surface area contributed by atoms with Crippen LogP contribution >= 0.6 is 0 Å². The quantitative estimate of drug-likeness (QED) is 0.763. The van der Waals surface area contributed by atoms with Crippen LogP contribution in [-0.4, -0.2) is 33.5 Å². The Morgan fingerprint density at radius 3 is 2.44 bits per heavy atom. The maximum atomic E-state index is 11.5. The van der Waals surface area contributed by atoms with Crippen molar-refractivity contribution in [3.63, 3.8) is 0 Å². The first-order valence-electron chi connectivity index (χ1n) is 5.00. The number of carbonyl (C=O) groups is 2. The second-order valence-electron chi connectivity index (χ2n) is 3.75. The zero-order valence-electron chi connectivity index (χ0n) is 8.51. The van der Waals surface area contributed by atoms with Crippen LogP contribution in [0.25, 0.3) is 0 Å². The number of rotatable bonds is 4. The predicted octanol–water partition coefficient (Wildman–Crippen LogP) is 0.315. The van der Waals surface area contributed by atoms with Gasteiger partial charge in [-0.1, -0.05) is 0 Å². The maximum absolute atomic E-state index is 11.5. The number of nitrogens with one attached hydrogen (secondary N) is 1. The summed E-state index contributed by atoms with van der Waals surface area (Å²) in [6.07, 6.45) is 4.56. The number of carboxylic acids is 1. The normalized spacial score (nSPS) is 14.5. The van der Waals surface area contributed by atoms with Crippen LogP contribution in [0.4, 0.5) is 0 Å². The van der Waals surface area contributed by atoms with Crippen LogP contribution in [0.2, 0.25) is 0 Å². The van der Waals surface area contributed by atoms with Crippen LogP contribution in [0.3, 0.4) is 0 Å². The molecule has 0 aromatic carbocycles. The second kappa shape index (κ2) is 4.26. The Morgan fingerprint density at radius 1 is 1.31 bits per heavy atom. The molecule has 84 valence electrons. The highest BCUT2D eigenvalue weighted by Gasteiger charge is 2.22. The van der Waals surface area contributed by atoms with Gasteiger partial charge in [0.1, 0.15) is 5.69 Å². The lowest BCUT2D eigenvalue weighted by molar-refractivity contribution is 0.0689. The van der Waals surface area contributed by atoms with E-state index in [2.05, 4.69) is 15.3 Å². The molecule has 2 rings (SSSR count). The van der Waals surface area contributed by atoms with Gasteiger partial charge in [0.15, 0.2) is 5.69 Å². The summed E-state index contributed by atoms with van der Waals surface area (Å²) in [5.41, 5.74) is -0.0237. The molecule has 1 fully saturated rings. The third-order valence-electron chi connectivity index (χ3n) is 2.35. The largest absolute Gasteiger partial charge is 0.476 e. The van der Waals surface area contributed by atoms with Gasteiger partial charge >= 0.3 is 5.97 Å². The Morgan fingerprint density at radius 2 is 1.94 bits per heavy atom. The second-order valence-corrected chi connectivity index (χ2v) is 3.75. The highest BCUT2D eigenvalue weighted by Crippen LogP contribution is 2.27. The Kier molecular flexibility index (Phi) is 2.80. The fourth-order valence-electron chi connectivity index (χ4n) is 1.21. The van der Waals surface area contributed by atoms with E-state index < -0.39 is 5.97 Å². The van der Waals surface area contributed by atoms with Crippen molar-refractivity contribution in [1.29, 1.82) is 0 Å². The molecule has 16 heavy (non-hydrogen) atoms. The first-order chi connectivity index (χ1) is 7.66. The molecule has 1 aromatic heterocycles. The fourth-order valence-corrected chi connectivity index (χ4v) is 1.21. The van der Waals surface area contributed by atoms with Crippen LogP contribution in [0.5, 0.6) is 0 Å². The van der Waals surface area contributed by atoms with Gasteiger partial charge in [-0.2, -0.15) is 0 Å². The van der Waals surface area contributed by atoms with Crippen molar-refractivity contribution < 1.29 is 14.7 Å². The minimum atomic E-state index is -1.16. The van der Waals surface area contributed by atoms with E-state index in [1.165, 1.54) is 6.20 Å². The summed E-state index contributed by atoms with van der Waals surface area (Å²) in [6, 6.07) is 0. The third kappa shape index (κ3) is 2.53. The molecule has 1 aliphatic carbocycles. The Balaban J connectivity index is 1.96. The molecule has 0 atom stereocenters. The molecule has 1 aliphatic rings. The monoisotopic (exact) mass is 221 g/mol. The lowest BCUT2D eigenvalue weighted by atomic mass is 10.3. The lowest BCUT2D eigenvalue weighted by Gasteiger charge is -2.02. The Bertz CT molecular complexity index is 412. The lowest BCUT2D eigenvalue weighted by Crippen LogP contribution is -2.26. The Hall–Kier alpha value is -1.98. The highest BCUT2D eigenvalue weighted by atomic mass is 16.4. The first kappa shape index (κ1) is 10.5. The summed E-state index contributed by atoms with van der Waals surface area (Å²) >= 11 is 0. The summed E-state index contributed by atoms with van der Waals surface area (Å²) in [5, 5.41) is 11.3. The molecule has 1 aromatic rings. The number of carbonyl (C=O) groups excluding carboxylic acids is 1. The van der Waals surface area contributed by atoms with Gasteiger partial charge in [0, 0.05) is 6.54 Å². The highest BCUT2D eigenvalue weighted by molar-refractivity contribution is 5.92. The summed E-state index contributed by atoms with van der Waals surface area (Å²) in [7, 11) is 0. The number of aromatic carboxylic acids is 1. The molecular formula is C10H11N3O3. The maximum Gasteiger partial charge on any atom is 0.356 e. The van der Waals surface area contributed by atoms with Crippen molar-refractivity contribution in [1.82, 2.24) is 15.3 Å². The molecule has 2 N–H and O–H groups in total. The van der Waals surface area contributed by atoms with E-state index in [1.54, 1.807) is 0 Å². The van der Waals surface area contributed by atoms with Crippen molar-refractivity contribution in [3.8, 4) is 0 Å². The van der Waals surface area contributed by atoms with Gasteiger partial charge in [-0.25, -0.2) is 14.8 Å². The van der Waals surface area contributed by atoms with E-state index in [4.69, 9.17) is 5.11 Å². The number of aromatic nitrogens is 2. The molecule has 0 saturated heterocycles. The fraction of sp³-hybridized carbons (Fsp3) is 0.400. The zero-order chi connectivity index (χ0) is 11.5. The number of amides is 1. The third-order valence-corrected chi connectivity index (χ3v) is 2.35. The standard InChI is InChI=1S/C10H11N3O3/c14-9(13-3-6-1-2-6)7-4-12-8(5-11-7)10(15)16/h4-6H,1-3H2,(H,13,14)(H,15,16). The van der Waals surface area contributed by atoms with Gasteiger partial charge in [0.2, 0.25) is 0 Å². The van der Waals surface area contributed by atoms with Gasteiger partial charge < -0.3 is 10.4 Å². The topological polar surface area (TPSA) is 92.2 Å². The summed E-state index contributed by atoms with van der Waals surface area (Å²) in [6.45, 7) is 0.654. The molecule has 6 heteroatoms. The van der Waals surface area contributed by atoms with E-state index in [0.29, 0.717) is 12.5 Å². The predicted molar refractivity (Wildman–Crippen MR) is 54.0 cm³/mol. The molecule has 6 nitrogen and oxygen atoms in total. The summed E-state index contributed by atoms with van der Waals surface area (Å²) < 4.78 is 0. The molecule has 0 unspecified atom stereocenters. The molecule has 1 amide bonds. The van der Waals surface area contributed by atoms with Crippen molar-refractivity contribution in [3.05, 3.63) is 23.8 Å². The van der Waals surface area contributed by atoms with E-state index in [0.717, 1.165) is 19.0 Å². The zero-order valence-corrected chi connectivity index (χ0v) is 8.51. The van der Waals surface area contributed by atoms with Crippen molar-refractivity contribution in [2.45, 2.75) is 12.8 Å². The van der Waals surface area contributed by atoms with Gasteiger partial charge in [-0.15, -0.1) is 0 Å². The van der Waals surface area contributed by atoms with E-state index in [-0.39, 0.29) is 17.3 Å². The summed E-state index contributed by atoms with van der Waals surface area (Å²) in [4.78, 5) is 29.4. The molecule has 0 bridgehead atoms. The number of hydrogen-bond acceptors (Lipinski definition) is 4. The van der Waals surface area contributed by atoms with E-state index >= 15 is 0 Å². The van der Waals surface area contributed by atoms with Gasteiger partial charge in [-0.3, -0.25) is 4.79 Å². The van der Waals surface area contributed by atoms with Crippen LogP contribution in [0, 0.1) is 5.92 Å². The Labute approximate surface area is 91.7 Å². The summed E-state index contributed by atoms with van der Waals surface area (Å²) in [5.74, 6) is -0.871. The smallest absolute Gasteiger partial charge is 0.356 e. The van der Waals surface area contributed by atoms with Crippen molar-refractivity contribution in [2.24, 2.45) is 5.92 Å². The SMILES string of the molecule is O=C(O)c1cnc(C(=O)NCC2CC2)cn1. The number of carboxylic acid groups (broad SMARTS) is 1. The first-order valence-corrected chi connectivity index (χ1v) is 5.00. The van der Waals surface area contributed by atoms with Gasteiger partial charge in [0.05, 0.1) is 12.4 Å². The van der Waals surface area contributed by atoms with E-state index in [9.17, 15) is 9.59 Å². The molecule has 0 aliphatic heterocycles. The number of nitrogens with zero attached hydrogens (tertiary/aromatic N) is 2. The molecule has 0 spiro atoms. The average molecular weight is 221 g/mol. The van der Waals surface area contributed by atoms with Crippen LogP contribution < -0.4 is 5.32 Å². The molecular weight excluding hydrogens is 210 g/mol. The minimum absolute atomic E-state index is 0.144. The average Bonchev–Trinajstić information content (AvgIpc) is 3.10. The van der Waals surface area contributed by atoms with Crippen molar-refractivity contribution >= 4 is 11.9 Å². The van der Waals surface area contributed by atoms with Crippen LogP contribution in [-0.2, 0) is 0 Å². The van der Waals surface area contributed by atoms with Crippen LogP contribution in [0.15, 0.2) is 12.4 Å². The minimum Gasteiger partial charge on any atom is -0.476 e. The van der Waals surface area contributed by atoms with Crippen LogP contribution in [0.1, 0.15) is 33.8 Å². The molecule has 0 radical (unpaired) electrons. The van der Waals surface area contributed by atoms with Crippen molar-refractivity contribution in [2.75, 3.05) is 6.54 Å². The number of hydrogen-bond donors (Lipinski definition) is 2. The molecule has 1 heterocycles. The van der Waals surface area contributed by atoms with Gasteiger partial charge in [0.25, 0.3) is 5.91 Å².